The van der Waals surface area contributed by atoms with E-state index in [1.165, 1.54) is 6.07 Å². The van der Waals surface area contributed by atoms with Crippen LogP contribution >= 0.6 is 0 Å². The summed E-state index contributed by atoms with van der Waals surface area (Å²) in [6, 6.07) is 6.69. The number of ether oxygens (including phenoxy) is 1. The molecule has 0 aliphatic heterocycles. The molecular weight excluding hydrogens is 307 g/mol. The van der Waals surface area contributed by atoms with Crippen molar-refractivity contribution < 1.29 is 13.9 Å². The molecule has 0 atom stereocenters. The number of nitrogens with one attached hydrogen (secondary N) is 1. The number of carbonyl (C=O) groups excluding carboxylic acids is 1. The Morgan fingerprint density at radius 3 is 2.92 bits per heavy atom. The van der Waals surface area contributed by atoms with Gasteiger partial charge in [0.2, 0.25) is 0 Å². The standard InChI is InChI=1S/C19H23FN2O2/c1-2-9-21-10-12-24-14-6-7-18(16(20)13-14)22-11-8-15-17(22)4-3-5-19(15)23/h6-8,11,13,21H,2-5,9-10,12H2,1H3. The lowest BCUT2D eigenvalue weighted by Gasteiger charge is -2.16. The molecule has 128 valence electrons. The van der Waals surface area contributed by atoms with Crippen molar-refractivity contribution in [2.45, 2.75) is 32.6 Å². The maximum Gasteiger partial charge on any atom is 0.164 e. The first-order valence-electron chi connectivity index (χ1n) is 8.57. The first-order chi connectivity index (χ1) is 11.7. The summed E-state index contributed by atoms with van der Waals surface area (Å²) in [5.74, 6) is 0.326. The molecule has 0 radical (unpaired) electrons. The molecule has 5 heteroatoms. The Kier molecular flexibility index (Phi) is 5.30. The van der Waals surface area contributed by atoms with Crippen molar-refractivity contribution in [3.05, 3.63) is 47.5 Å². The zero-order valence-electron chi connectivity index (χ0n) is 14.0. The van der Waals surface area contributed by atoms with Gasteiger partial charge in [0.1, 0.15) is 12.4 Å². The Morgan fingerprint density at radius 2 is 2.12 bits per heavy atom. The Morgan fingerprint density at radius 1 is 1.25 bits per heavy atom. The molecule has 24 heavy (non-hydrogen) atoms. The van der Waals surface area contributed by atoms with Gasteiger partial charge in [-0.05, 0) is 44.0 Å². The third-order valence-electron chi connectivity index (χ3n) is 4.26. The van der Waals surface area contributed by atoms with Crippen LogP contribution in [0.1, 0.15) is 42.2 Å². The summed E-state index contributed by atoms with van der Waals surface area (Å²) >= 11 is 0. The normalized spacial score (nSPS) is 13.8. The van der Waals surface area contributed by atoms with Gasteiger partial charge in [0, 0.05) is 36.5 Å². The molecule has 0 saturated heterocycles. The van der Waals surface area contributed by atoms with Crippen LogP contribution in [0.5, 0.6) is 5.75 Å². The molecule has 1 aliphatic carbocycles. The van der Waals surface area contributed by atoms with Crippen LogP contribution in [-0.2, 0) is 6.42 Å². The van der Waals surface area contributed by atoms with Crippen molar-refractivity contribution in [3.63, 3.8) is 0 Å². The molecule has 2 aromatic rings. The Hall–Kier alpha value is -2.14. The maximum atomic E-state index is 14.5. The highest BCUT2D eigenvalue weighted by atomic mass is 19.1. The lowest BCUT2D eigenvalue weighted by Crippen LogP contribution is -2.21. The second kappa shape index (κ2) is 7.62. The minimum absolute atomic E-state index is 0.148. The summed E-state index contributed by atoms with van der Waals surface area (Å²) in [6.07, 6.45) is 5.06. The van der Waals surface area contributed by atoms with Gasteiger partial charge in [-0.3, -0.25) is 4.79 Å². The second-order valence-electron chi connectivity index (χ2n) is 6.03. The third-order valence-corrected chi connectivity index (χ3v) is 4.26. The zero-order valence-corrected chi connectivity index (χ0v) is 14.0. The van der Waals surface area contributed by atoms with Gasteiger partial charge in [-0.2, -0.15) is 0 Å². The molecule has 0 bridgehead atoms. The lowest BCUT2D eigenvalue weighted by atomic mass is 9.97. The predicted molar refractivity (Wildman–Crippen MR) is 91.7 cm³/mol. The van der Waals surface area contributed by atoms with E-state index in [4.69, 9.17) is 4.74 Å². The van der Waals surface area contributed by atoms with Crippen LogP contribution in [0.4, 0.5) is 4.39 Å². The Bertz CT molecular complexity index is 724. The second-order valence-corrected chi connectivity index (χ2v) is 6.03. The summed E-state index contributed by atoms with van der Waals surface area (Å²) < 4.78 is 21.9. The van der Waals surface area contributed by atoms with Crippen molar-refractivity contribution in [2.75, 3.05) is 19.7 Å². The van der Waals surface area contributed by atoms with Gasteiger partial charge in [0.25, 0.3) is 0 Å². The summed E-state index contributed by atoms with van der Waals surface area (Å²) in [7, 11) is 0. The quantitative estimate of drug-likeness (QED) is 0.790. The largest absolute Gasteiger partial charge is 0.492 e. The fraction of sp³-hybridized carbons (Fsp3) is 0.421. The van der Waals surface area contributed by atoms with Gasteiger partial charge < -0.3 is 14.6 Å². The number of aromatic nitrogens is 1. The lowest BCUT2D eigenvalue weighted by molar-refractivity contribution is 0.0972. The van der Waals surface area contributed by atoms with Crippen LogP contribution in [0.2, 0.25) is 0 Å². The summed E-state index contributed by atoms with van der Waals surface area (Å²) in [4.78, 5) is 11.9. The van der Waals surface area contributed by atoms with E-state index in [0.29, 0.717) is 24.5 Å². The first kappa shape index (κ1) is 16.7. The van der Waals surface area contributed by atoms with Crippen LogP contribution in [0, 0.1) is 5.82 Å². The van der Waals surface area contributed by atoms with Crippen LogP contribution in [0.3, 0.4) is 0 Å². The zero-order chi connectivity index (χ0) is 16.9. The summed E-state index contributed by atoms with van der Waals surface area (Å²) in [6.45, 7) is 4.31. The molecule has 1 N–H and O–H groups in total. The molecule has 0 unspecified atom stereocenters. The van der Waals surface area contributed by atoms with Crippen LogP contribution in [0.15, 0.2) is 30.5 Å². The maximum absolute atomic E-state index is 14.5. The van der Waals surface area contributed by atoms with E-state index in [0.717, 1.165) is 43.6 Å². The minimum Gasteiger partial charge on any atom is -0.492 e. The molecule has 0 fully saturated rings. The number of hydrogen-bond donors (Lipinski definition) is 1. The van der Waals surface area contributed by atoms with Crippen molar-refractivity contribution in [3.8, 4) is 11.4 Å². The number of benzene rings is 1. The van der Waals surface area contributed by atoms with E-state index in [9.17, 15) is 9.18 Å². The molecule has 1 aromatic heterocycles. The Balaban J connectivity index is 1.73. The van der Waals surface area contributed by atoms with Crippen molar-refractivity contribution in [1.82, 2.24) is 9.88 Å². The van der Waals surface area contributed by atoms with E-state index >= 15 is 0 Å². The van der Waals surface area contributed by atoms with E-state index in [2.05, 4.69) is 12.2 Å². The molecule has 3 rings (SSSR count). The summed E-state index contributed by atoms with van der Waals surface area (Å²) in [5.41, 5.74) is 2.09. The molecule has 1 aliphatic rings. The van der Waals surface area contributed by atoms with E-state index < -0.39 is 0 Å². The smallest absolute Gasteiger partial charge is 0.164 e. The molecule has 0 spiro atoms. The van der Waals surface area contributed by atoms with Crippen LogP contribution in [0.25, 0.3) is 5.69 Å². The average molecular weight is 330 g/mol. The molecule has 4 nitrogen and oxygen atoms in total. The molecule has 0 saturated carbocycles. The number of hydrogen-bond acceptors (Lipinski definition) is 3. The molecule has 0 amide bonds. The van der Waals surface area contributed by atoms with E-state index in [1.807, 2.05) is 0 Å². The number of carbonyl (C=O) groups is 1. The number of nitrogens with zero attached hydrogens (tertiary/aromatic N) is 1. The van der Waals surface area contributed by atoms with E-state index in [1.54, 1.807) is 29.0 Å². The van der Waals surface area contributed by atoms with Gasteiger partial charge in [-0.25, -0.2) is 4.39 Å². The monoisotopic (exact) mass is 330 g/mol. The molecular formula is C19H23FN2O2. The minimum atomic E-state index is -0.342. The molecule has 1 heterocycles. The highest BCUT2D eigenvalue weighted by Crippen LogP contribution is 2.27. The van der Waals surface area contributed by atoms with Gasteiger partial charge in [-0.1, -0.05) is 6.92 Å². The van der Waals surface area contributed by atoms with Gasteiger partial charge in [-0.15, -0.1) is 0 Å². The van der Waals surface area contributed by atoms with Gasteiger partial charge in [0.05, 0.1) is 5.69 Å². The fourth-order valence-electron chi connectivity index (χ4n) is 3.07. The number of fused-ring (bicyclic) bond motifs is 1. The predicted octanol–water partition coefficient (Wildman–Crippen LogP) is 3.51. The van der Waals surface area contributed by atoms with Gasteiger partial charge in [0.15, 0.2) is 11.6 Å². The first-order valence-corrected chi connectivity index (χ1v) is 8.57. The van der Waals surface area contributed by atoms with Gasteiger partial charge >= 0.3 is 0 Å². The Labute approximate surface area is 141 Å². The van der Waals surface area contributed by atoms with Crippen molar-refractivity contribution >= 4 is 5.78 Å². The van der Waals surface area contributed by atoms with Crippen LogP contribution in [-0.4, -0.2) is 30.0 Å². The highest BCUT2D eigenvalue weighted by Gasteiger charge is 2.22. The number of rotatable bonds is 7. The number of Topliss-reactive ketones (excluding diaryl/α,β-unsaturated/α-hetero) is 1. The fourth-order valence-corrected chi connectivity index (χ4v) is 3.07. The number of halogens is 1. The highest BCUT2D eigenvalue weighted by molar-refractivity contribution is 5.98. The van der Waals surface area contributed by atoms with Crippen molar-refractivity contribution in [1.29, 1.82) is 0 Å². The van der Waals surface area contributed by atoms with E-state index in [-0.39, 0.29) is 11.6 Å². The third kappa shape index (κ3) is 3.51. The average Bonchev–Trinajstić information content (AvgIpc) is 3.00. The number of ketones is 1. The molecule has 1 aromatic carbocycles. The van der Waals surface area contributed by atoms with Crippen LogP contribution < -0.4 is 10.1 Å². The van der Waals surface area contributed by atoms with Crippen molar-refractivity contribution in [2.24, 2.45) is 0 Å². The topological polar surface area (TPSA) is 43.3 Å². The SMILES string of the molecule is CCCNCCOc1ccc(-n2ccc3c2CCCC3=O)c(F)c1. The summed E-state index contributed by atoms with van der Waals surface area (Å²) in [5, 5.41) is 3.24.